The molecule has 1 unspecified atom stereocenters. The van der Waals surface area contributed by atoms with Crippen LogP contribution in [-0.4, -0.2) is 15.8 Å². The fourth-order valence-corrected chi connectivity index (χ4v) is 2.28. The van der Waals surface area contributed by atoms with Crippen LogP contribution in [0.1, 0.15) is 42.9 Å². The number of hydrogen-bond acceptors (Lipinski definition) is 1. The first-order chi connectivity index (χ1) is 7.96. The Balaban J connectivity index is 2.09. The van der Waals surface area contributed by atoms with E-state index in [1.54, 1.807) is 17.0 Å². The number of aliphatic hydroxyl groups excluding tert-OH is 1. The van der Waals surface area contributed by atoms with Crippen LogP contribution in [0.25, 0.3) is 0 Å². The Morgan fingerprint density at radius 2 is 2.06 bits per heavy atom. The van der Waals surface area contributed by atoms with Crippen LogP contribution < -0.4 is 0 Å². The van der Waals surface area contributed by atoms with Gasteiger partial charge in [0, 0.05) is 24.5 Å². The molecule has 0 aliphatic heterocycles. The van der Waals surface area contributed by atoms with Gasteiger partial charge in [0.1, 0.15) is 0 Å². The minimum absolute atomic E-state index is 0.0663. The van der Waals surface area contributed by atoms with Gasteiger partial charge in [-0.2, -0.15) is 13.2 Å². The van der Waals surface area contributed by atoms with Gasteiger partial charge in [0.2, 0.25) is 0 Å². The normalized spacial score (nSPS) is 21.1. The highest BCUT2D eigenvalue weighted by atomic mass is 19.4. The number of hydrogen-bond donors (Lipinski definition) is 1. The second kappa shape index (κ2) is 4.72. The Morgan fingerprint density at radius 3 is 2.76 bits per heavy atom. The maximum absolute atomic E-state index is 12.1. The van der Waals surface area contributed by atoms with Crippen LogP contribution >= 0.6 is 0 Å². The minimum Gasteiger partial charge on any atom is -0.388 e. The van der Waals surface area contributed by atoms with Crippen LogP contribution in [0.3, 0.4) is 0 Å². The third-order valence-electron chi connectivity index (χ3n) is 3.18. The number of alkyl halides is 3. The van der Waals surface area contributed by atoms with Crippen molar-refractivity contribution in [3.63, 3.8) is 0 Å². The molecule has 0 bridgehead atoms. The molecule has 0 fully saturated rings. The van der Waals surface area contributed by atoms with Crippen LogP contribution in [0.5, 0.6) is 0 Å². The second-order valence-corrected chi connectivity index (χ2v) is 4.60. The van der Waals surface area contributed by atoms with Crippen molar-refractivity contribution < 1.29 is 18.3 Å². The van der Waals surface area contributed by atoms with Gasteiger partial charge in [-0.05, 0) is 24.8 Å². The van der Waals surface area contributed by atoms with E-state index >= 15 is 0 Å². The summed E-state index contributed by atoms with van der Waals surface area (Å²) in [6, 6.07) is 0. The molecular formula is C12H16F3NO. The summed E-state index contributed by atoms with van der Waals surface area (Å²) in [7, 11) is 0. The molecule has 1 heterocycles. The van der Waals surface area contributed by atoms with Gasteiger partial charge in [-0.1, -0.05) is 6.42 Å². The second-order valence-electron chi connectivity index (χ2n) is 4.60. The van der Waals surface area contributed by atoms with Gasteiger partial charge >= 0.3 is 6.18 Å². The van der Waals surface area contributed by atoms with Crippen molar-refractivity contribution in [1.82, 2.24) is 4.57 Å². The maximum Gasteiger partial charge on any atom is 0.390 e. The zero-order valence-electron chi connectivity index (χ0n) is 9.50. The smallest absolute Gasteiger partial charge is 0.388 e. The highest BCUT2D eigenvalue weighted by Gasteiger charge is 2.27. The lowest BCUT2D eigenvalue weighted by molar-refractivity contribution is -0.136. The largest absolute Gasteiger partial charge is 0.390 e. The van der Waals surface area contributed by atoms with Crippen LogP contribution in [0.4, 0.5) is 13.2 Å². The van der Waals surface area contributed by atoms with Crippen molar-refractivity contribution >= 4 is 0 Å². The molecule has 17 heavy (non-hydrogen) atoms. The van der Waals surface area contributed by atoms with Gasteiger partial charge in [0.15, 0.2) is 0 Å². The molecule has 96 valence electrons. The lowest BCUT2D eigenvalue weighted by Gasteiger charge is -2.08. The van der Waals surface area contributed by atoms with Crippen molar-refractivity contribution in [2.45, 2.75) is 50.9 Å². The third kappa shape index (κ3) is 3.25. The van der Waals surface area contributed by atoms with E-state index in [-0.39, 0.29) is 6.54 Å². The number of rotatable bonds is 2. The molecule has 1 aliphatic carbocycles. The van der Waals surface area contributed by atoms with Gasteiger partial charge in [-0.3, -0.25) is 0 Å². The summed E-state index contributed by atoms with van der Waals surface area (Å²) in [6.07, 6.45) is 1.47. The standard InChI is InChI=1S/C12H16F3NO/c13-12(14,15)5-6-16-7-9-3-1-2-4-11(17)10(9)8-16/h7-8,11,17H,1-6H2. The average Bonchev–Trinajstić information content (AvgIpc) is 2.57. The molecule has 1 atom stereocenters. The molecule has 0 saturated heterocycles. The SMILES string of the molecule is OC1CCCCc2cn(CCC(F)(F)F)cc21. The van der Waals surface area contributed by atoms with E-state index in [1.807, 2.05) is 0 Å². The van der Waals surface area contributed by atoms with Gasteiger partial charge in [0.25, 0.3) is 0 Å². The van der Waals surface area contributed by atoms with Crippen molar-refractivity contribution in [1.29, 1.82) is 0 Å². The van der Waals surface area contributed by atoms with Crippen LogP contribution in [0.2, 0.25) is 0 Å². The molecule has 0 aromatic carbocycles. The summed E-state index contributed by atoms with van der Waals surface area (Å²) < 4.78 is 37.9. The molecule has 2 rings (SSSR count). The van der Waals surface area contributed by atoms with Gasteiger partial charge in [0.05, 0.1) is 12.5 Å². The van der Waals surface area contributed by atoms with Gasteiger partial charge in [-0.15, -0.1) is 0 Å². The summed E-state index contributed by atoms with van der Waals surface area (Å²) in [5.41, 5.74) is 1.81. The molecule has 0 spiro atoms. The number of aromatic nitrogens is 1. The zero-order chi connectivity index (χ0) is 12.5. The molecule has 5 heteroatoms. The van der Waals surface area contributed by atoms with E-state index in [0.29, 0.717) is 6.42 Å². The Kier molecular flexibility index (Phi) is 3.47. The van der Waals surface area contributed by atoms with Crippen molar-refractivity contribution in [3.8, 4) is 0 Å². The number of nitrogens with zero attached hydrogens (tertiary/aromatic N) is 1. The topological polar surface area (TPSA) is 25.2 Å². The average molecular weight is 247 g/mol. The first kappa shape index (κ1) is 12.5. The van der Waals surface area contributed by atoms with Gasteiger partial charge < -0.3 is 9.67 Å². The first-order valence-electron chi connectivity index (χ1n) is 5.89. The molecule has 1 aromatic rings. The summed E-state index contributed by atoms with van der Waals surface area (Å²) in [6.45, 7) is -0.0663. The lowest BCUT2D eigenvalue weighted by Crippen LogP contribution is -2.11. The fraction of sp³-hybridized carbons (Fsp3) is 0.667. The molecule has 1 N–H and O–H groups in total. The number of fused-ring (bicyclic) bond motifs is 1. The summed E-state index contributed by atoms with van der Waals surface area (Å²) in [4.78, 5) is 0. The molecular weight excluding hydrogens is 231 g/mol. The van der Waals surface area contributed by atoms with Crippen molar-refractivity contribution in [3.05, 3.63) is 23.5 Å². The Bertz CT molecular complexity index is 384. The predicted octanol–water partition coefficient (Wildman–Crippen LogP) is 3.20. The summed E-state index contributed by atoms with van der Waals surface area (Å²) in [5, 5.41) is 9.85. The fourth-order valence-electron chi connectivity index (χ4n) is 2.28. The quantitative estimate of drug-likeness (QED) is 0.798. The first-order valence-corrected chi connectivity index (χ1v) is 5.89. The Labute approximate surface area is 98.1 Å². The predicted molar refractivity (Wildman–Crippen MR) is 57.6 cm³/mol. The highest BCUT2D eigenvalue weighted by molar-refractivity contribution is 5.27. The monoisotopic (exact) mass is 247 g/mol. The van der Waals surface area contributed by atoms with E-state index in [1.165, 1.54) is 0 Å². The molecule has 0 radical (unpaired) electrons. The van der Waals surface area contributed by atoms with E-state index in [9.17, 15) is 18.3 Å². The molecule has 1 aliphatic rings. The van der Waals surface area contributed by atoms with Gasteiger partial charge in [-0.25, -0.2) is 0 Å². The van der Waals surface area contributed by atoms with Crippen LogP contribution in [-0.2, 0) is 13.0 Å². The van der Waals surface area contributed by atoms with Crippen molar-refractivity contribution in [2.75, 3.05) is 0 Å². The van der Waals surface area contributed by atoms with Crippen LogP contribution in [0.15, 0.2) is 12.4 Å². The summed E-state index contributed by atoms with van der Waals surface area (Å²) in [5.74, 6) is 0. The lowest BCUT2D eigenvalue weighted by atomic mass is 10.1. The number of aliphatic hydroxyl groups is 1. The molecule has 0 saturated carbocycles. The zero-order valence-corrected chi connectivity index (χ0v) is 9.50. The third-order valence-corrected chi connectivity index (χ3v) is 3.18. The van der Waals surface area contributed by atoms with Crippen molar-refractivity contribution in [2.24, 2.45) is 0 Å². The summed E-state index contributed by atoms with van der Waals surface area (Å²) >= 11 is 0. The minimum atomic E-state index is -4.12. The van der Waals surface area contributed by atoms with E-state index in [0.717, 1.165) is 30.4 Å². The number of halogens is 3. The highest BCUT2D eigenvalue weighted by Crippen LogP contribution is 2.30. The van der Waals surface area contributed by atoms with E-state index < -0.39 is 18.7 Å². The Morgan fingerprint density at radius 1 is 1.29 bits per heavy atom. The maximum atomic E-state index is 12.1. The molecule has 2 nitrogen and oxygen atoms in total. The Hall–Kier alpha value is -0.970. The molecule has 0 amide bonds. The van der Waals surface area contributed by atoms with E-state index in [4.69, 9.17) is 0 Å². The van der Waals surface area contributed by atoms with E-state index in [2.05, 4.69) is 0 Å². The number of aryl methyl sites for hydroxylation is 2. The molecule has 1 aromatic heterocycles. The van der Waals surface area contributed by atoms with Crippen LogP contribution in [0, 0.1) is 0 Å².